The smallest absolute Gasteiger partial charge is 0.0947 e. The van der Waals surface area contributed by atoms with Crippen molar-refractivity contribution in [2.75, 3.05) is 7.05 Å². The van der Waals surface area contributed by atoms with Gasteiger partial charge < -0.3 is 4.42 Å². The lowest BCUT2D eigenvalue weighted by molar-refractivity contribution is 0.313. The maximum atomic E-state index is 5.05. The molecule has 2 aromatic rings. The first kappa shape index (κ1) is 11.9. The van der Waals surface area contributed by atoms with Gasteiger partial charge in [0.05, 0.1) is 18.2 Å². The fourth-order valence-electron chi connectivity index (χ4n) is 1.92. The molecule has 2 aromatic heterocycles. The largest absolute Gasteiger partial charge is 0.472 e. The molecule has 92 valence electrons. The number of nitrogens with zero attached hydrogens (tertiary/aromatic N) is 2. The van der Waals surface area contributed by atoms with Crippen molar-refractivity contribution in [2.45, 2.75) is 32.9 Å². The summed E-state index contributed by atoms with van der Waals surface area (Å²) in [5.74, 6) is 0. The molecule has 0 aromatic carbocycles. The number of rotatable bonds is 6. The zero-order valence-corrected chi connectivity index (χ0v) is 10.4. The number of furan rings is 1. The fourth-order valence-corrected chi connectivity index (χ4v) is 1.92. The molecule has 0 saturated carbocycles. The van der Waals surface area contributed by atoms with Gasteiger partial charge in [-0.3, -0.25) is 10.00 Å². The molecule has 0 unspecified atom stereocenters. The third-order valence-corrected chi connectivity index (χ3v) is 2.66. The van der Waals surface area contributed by atoms with E-state index in [-0.39, 0.29) is 0 Å². The summed E-state index contributed by atoms with van der Waals surface area (Å²) in [5, 5.41) is 7.37. The van der Waals surface area contributed by atoms with Crippen molar-refractivity contribution in [1.29, 1.82) is 0 Å². The molecule has 4 heteroatoms. The molecule has 0 aliphatic rings. The monoisotopic (exact) mass is 233 g/mol. The van der Waals surface area contributed by atoms with Crippen LogP contribution in [0.1, 0.15) is 30.3 Å². The Morgan fingerprint density at radius 2 is 2.29 bits per heavy atom. The van der Waals surface area contributed by atoms with E-state index in [4.69, 9.17) is 4.42 Å². The van der Waals surface area contributed by atoms with E-state index < -0.39 is 0 Å². The van der Waals surface area contributed by atoms with Crippen LogP contribution in [0.25, 0.3) is 0 Å². The molecule has 0 radical (unpaired) electrons. The van der Waals surface area contributed by atoms with Gasteiger partial charge in [0, 0.05) is 24.3 Å². The minimum atomic E-state index is 0.877. The molecule has 0 amide bonds. The summed E-state index contributed by atoms with van der Waals surface area (Å²) >= 11 is 0. The van der Waals surface area contributed by atoms with Crippen molar-refractivity contribution in [2.24, 2.45) is 0 Å². The average Bonchev–Trinajstić information content (AvgIpc) is 2.91. The topological polar surface area (TPSA) is 45.1 Å². The van der Waals surface area contributed by atoms with Crippen molar-refractivity contribution in [3.63, 3.8) is 0 Å². The second-order valence-electron chi connectivity index (χ2n) is 4.44. The van der Waals surface area contributed by atoms with E-state index in [1.807, 2.05) is 6.07 Å². The molecule has 2 rings (SSSR count). The molecule has 0 saturated heterocycles. The second kappa shape index (κ2) is 5.68. The average molecular weight is 233 g/mol. The second-order valence-corrected chi connectivity index (χ2v) is 4.44. The van der Waals surface area contributed by atoms with Crippen LogP contribution in [-0.4, -0.2) is 22.1 Å². The van der Waals surface area contributed by atoms with Crippen LogP contribution in [-0.2, 0) is 19.5 Å². The molecule has 0 aliphatic carbocycles. The molecule has 4 nitrogen and oxygen atoms in total. The van der Waals surface area contributed by atoms with Gasteiger partial charge in [-0.1, -0.05) is 13.3 Å². The number of hydrogen-bond acceptors (Lipinski definition) is 3. The first-order chi connectivity index (χ1) is 8.28. The predicted octanol–water partition coefficient (Wildman–Crippen LogP) is 2.59. The maximum Gasteiger partial charge on any atom is 0.0947 e. The number of aromatic nitrogens is 2. The van der Waals surface area contributed by atoms with Gasteiger partial charge in [0.1, 0.15) is 0 Å². The SMILES string of the molecule is CCCc1cc(CN(C)Cc2ccoc2)[nH]n1. The molecular formula is C13H19N3O. The highest BCUT2D eigenvalue weighted by atomic mass is 16.3. The molecule has 0 fully saturated rings. The van der Waals surface area contributed by atoms with Crippen LogP contribution in [0, 0.1) is 0 Å². The fraction of sp³-hybridized carbons (Fsp3) is 0.462. The Labute approximate surface area is 102 Å². The summed E-state index contributed by atoms with van der Waals surface area (Å²) in [5.41, 5.74) is 3.51. The molecule has 0 bridgehead atoms. The third kappa shape index (κ3) is 3.46. The number of aryl methyl sites for hydroxylation is 1. The standard InChI is InChI=1S/C13H19N3O/c1-3-4-12-7-13(15-14-12)9-16(2)8-11-5-6-17-10-11/h5-7,10H,3-4,8-9H2,1-2H3,(H,14,15). The van der Waals surface area contributed by atoms with E-state index >= 15 is 0 Å². The van der Waals surface area contributed by atoms with Crippen molar-refractivity contribution in [1.82, 2.24) is 15.1 Å². The van der Waals surface area contributed by atoms with Crippen LogP contribution in [0.4, 0.5) is 0 Å². The summed E-state index contributed by atoms with van der Waals surface area (Å²) in [6.07, 6.45) is 5.67. The summed E-state index contributed by atoms with van der Waals surface area (Å²) in [7, 11) is 2.09. The number of nitrogens with one attached hydrogen (secondary N) is 1. The van der Waals surface area contributed by atoms with E-state index in [1.54, 1.807) is 12.5 Å². The summed E-state index contributed by atoms with van der Waals surface area (Å²) in [6, 6.07) is 4.14. The number of hydrogen-bond donors (Lipinski definition) is 1. The molecule has 2 heterocycles. The van der Waals surface area contributed by atoms with Gasteiger partial charge in [-0.25, -0.2) is 0 Å². The highest BCUT2D eigenvalue weighted by Crippen LogP contribution is 2.08. The van der Waals surface area contributed by atoms with Crippen LogP contribution in [0.3, 0.4) is 0 Å². The van der Waals surface area contributed by atoms with Crippen LogP contribution >= 0.6 is 0 Å². The Bertz CT molecular complexity index is 433. The first-order valence-electron chi connectivity index (χ1n) is 6.00. The van der Waals surface area contributed by atoms with E-state index in [1.165, 1.54) is 11.3 Å². The minimum absolute atomic E-state index is 0.877. The van der Waals surface area contributed by atoms with Gasteiger partial charge >= 0.3 is 0 Å². The van der Waals surface area contributed by atoms with Gasteiger partial charge in [0.2, 0.25) is 0 Å². The minimum Gasteiger partial charge on any atom is -0.472 e. The molecule has 17 heavy (non-hydrogen) atoms. The van der Waals surface area contributed by atoms with Crippen molar-refractivity contribution < 1.29 is 4.42 Å². The Balaban J connectivity index is 1.86. The summed E-state index contributed by atoms with van der Waals surface area (Å²) in [6.45, 7) is 3.93. The highest BCUT2D eigenvalue weighted by Gasteiger charge is 2.05. The Kier molecular flexibility index (Phi) is 3.98. The zero-order valence-electron chi connectivity index (χ0n) is 10.4. The van der Waals surface area contributed by atoms with E-state index in [9.17, 15) is 0 Å². The maximum absolute atomic E-state index is 5.05. The lowest BCUT2D eigenvalue weighted by Gasteiger charge is -2.13. The van der Waals surface area contributed by atoms with Gasteiger partial charge in [0.25, 0.3) is 0 Å². The lowest BCUT2D eigenvalue weighted by atomic mass is 10.2. The van der Waals surface area contributed by atoms with Crippen LogP contribution in [0.5, 0.6) is 0 Å². The molecular weight excluding hydrogens is 214 g/mol. The Morgan fingerprint density at radius 1 is 1.41 bits per heavy atom. The molecule has 0 atom stereocenters. The van der Waals surface area contributed by atoms with Gasteiger partial charge in [-0.15, -0.1) is 0 Å². The Morgan fingerprint density at radius 3 is 3.00 bits per heavy atom. The normalized spacial score (nSPS) is 11.2. The van der Waals surface area contributed by atoms with Crippen LogP contribution < -0.4 is 0 Å². The van der Waals surface area contributed by atoms with Crippen molar-refractivity contribution in [3.05, 3.63) is 41.6 Å². The van der Waals surface area contributed by atoms with Gasteiger partial charge in [0.15, 0.2) is 0 Å². The number of H-pyrrole nitrogens is 1. The van der Waals surface area contributed by atoms with E-state index in [0.717, 1.165) is 31.6 Å². The van der Waals surface area contributed by atoms with Gasteiger partial charge in [-0.2, -0.15) is 5.10 Å². The Hall–Kier alpha value is -1.55. The molecule has 0 aliphatic heterocycles. The van der Waals surface area contributed by atoms with Crippen molar-refractivity contribution in [3.8, 4) is 0 Å². The van der Waals surface area contributed by atoms with Gasteiger partial charge in [-0.05, 0) is 25.6 Å². The summed E-state index contributed by atoms with van der Waals surface area (Å²) < 4.78 is 5.05. The lowest BCUT2D eigenvalue weighted by Crippen LogP contribution is -2.17. The third-order valence-electron chi connectivity index (χ3n) is 2.66. The van der Waals surface area contributed by atoms with E-state index in [2.05, 4.69) is 35.1 Å². The van der Waals surface area contributed by atoms with Crippen molar-refractivity contribution >= 4 is 0 Å². The predicted molar refractivity (Wildman–Crippen MR) is 66.5 cm³/mol. The van der Waals surface area contributed by atoms with Crippen LogP contribution in [0.2, 0.25) is 0 Å². The van der Waals surface area contributed by atoms with E-state index in [0.29, 0.717) is 0 Å². The van der Waals surface area contributed by atoms with Crippen LogP contribution in [0.15, 0.2) is 29.1 Å². The quantitative estimate of drug-likeness (QED) is 0.834. The molecule has 0 spiro atoms. The number of aromatic amines is 1. The highest BCUT2D eigenvalue weighted by molar-refractivity contribution is 5.09. The first-order valence-corrected chi connectivity index (χ1v) is 6.00. The summed E-state index contributed by atoms with van der Waals surface area (Å²) in [4.78, 5) is 2.23. The zero-order chi connectivity index (χ0) is 12.1. The molecule has 1 N–H and O–H groups in total.